The lowest BCUT2D eigenvalue weighted by molar-refractivity contribution is -0.129. The van der Waals surface area contributed by atoms with Gasteiger partial charge >= 0.3 is 12.6 Å². The van der Waals surface area contributed by atoms with Crippen molar-refractivity contribution in [3.63, 3.8) is 0 Å². The van der Waals surface area contributed by atoms with E-state index in [2.05, 4.69) is 25.7 Å². The minimum atomic E-state index is -2.91. The van der Waals surface area contributed by atoms with E-state index in [1.54, 1.807) is 18.2 Å². The van der Waals surface area contributed by atoms with Crippen LogP contribution in [0, 0.1) is 0 Å². The van der Waals surface area contributed by atoms with Crippen LogP contribution in [0.2, 0.25) is 0 Å². The highest BCUT2D eigenvalue weighted by Gasteiger charge is 2.24. The Morgan fingerprint density at radius 1 is 1.24 bits per heavy atom. The highest BCUT2D eigenvalue weighted by Crippen LogP contribution is 2.37. The fourth-order valence-electron chi connectivity index (χ4n) is 2.58. The Morgan fingerprint density at radius 2 is 1.97 bits per heavy atom. The molecule has 0 aliphatic carbocycles. The highest BCUT2D eigenvalue weighted by atomic mass is 79.9. The molecule has 6 nitrogen and oxygen atoms in total. The van der Waals surface area contributed by atoms with Crippen LogP contribution in [0.5, 0.6) is 17.2 Å². The van der Waals surface area contributed by atoms with Gasteiger partial charge in [-0.1, -0.05) is 0 Å². The van der Waals surface area contributed by atoms with Crippen LogP contribution in [-0.4, -0.2) is 32.2 Å². The molecule has 1 heterocycles. The van der Waals surface area contributed by atoms with Crippen LogP contribution in [0.4, 0.5) is 8.78 Å². The highest BCUT2D eigenvalue weighted by molar-refractivity contribution is 9.10. The van der Waals surface area contributed by atoms with Gasteiger partial charge in [-0.15, -0.1) is 0 Å². The summed E-state index contributed by atoms with van der Waals surface area (Å²) in [4.78, 5) is 16.4. The zero-order chi connectivity index (χ0) is 21.0. The molecule has 0 aromatic heterocycles. The molecule has 1 aliphatic heterocycles. The predicted molar refractivity (Wildman–Crippen MR) is 106 cm³/mol. The van der Waals surface area contributed by atoms with Crippen LogP contribution in [0.3, 0.4) is 0 Å². The molecule has 0 atom stereocenters. The number of alkyl halides is 2. The van der Waals surface area contributed by atoms with E-state index in [4.69, 9.17) is 14.2 Å². The number of aliphatic imine (C=N–C) groups is 1. The quantitative estimate of drug-likeness (QED) is 0.432. The number of carbonyl (C=O) groups excluding carboxylic acids is 1. The number of esters is 1. The van der Waals surface area contributed by atoms with Crippen LogP contribution < -0.4 is 14.2 Å². The summed E-state index contributed by atoms with van der Waals surface area (Å²) >= 11 is 3.43. The summed E-state index contributed by atoms with van der Waals surface area (Å²) in [5.41, 5.74) is 1.19. The molecule has 3 rings (SSSR count). The van der Waals surface area contributed by atoms with Crippen molar-refractivity contribution in [2.45, 2.75) is 13.5 Å². The molecular weight excluding hydrogens is 452 g/mol. The molecule has 0 fully saturated rings. The van der Waals surface area contributed by atoms with Crippen molar-refractivity contribution in [2.75, 3.05) is 13.7 Å². The van der Waals surface area contributed by atoms with Gasteiger partial charge in [0.1, 0.15) is 5.75 Å². The number of carbonyl (C=O) groups is 1. The minimum Gasteiger partial charge on any atom is -0.493 e. The Bertz CT molecular complexity index is 974. The van der Waals surface area contributed by atoms with E-state index in [0.717, 1.165) is 0 Å². The second kappa shape index (κ2) is 9.04. The van der Waals surface area contributed by atoms with Gasteiger partial charge in [-0.05, 0) is 70.9 Å². The maximum absolute atomic E-state index is 12.2. The molecule has 1 aliphatic rings. The van der Waals surface area contributed by atoms with Gasteiger partial charge < -0.3 is 18.9 Å². The van der Waals surface area contributed by atoms with Crippen molar-refractivity contribution < 1.29 is 32.5 Å². The zero-order valence-electron chi connectivity index (χ0n) is 15.4. The Balaban J connectivity index is 1.88. The molecule has 0 N–H and O–H groups in total. The lowest BCUT2D eigenvalue weighted by Gasteiger charge is -2.12. The molecule has 0 bridgehead atoms. The largest absolute Gasteiger partial charge is 0.493 e. The number of benzene rings is 2. The average Bonchev–Trinajstić information content (AvgIpc) is 3.04. The minimum absolute atomic E-state index is 0.00391. The second-order valence-electron chi connectivity index (χ2n) is 5.71. The van der Waals surface area contributed by atoms with Gasteiger partial charge in [0.2, 0.25) is 5.90 Å². The molecule has 0 unspecified atom stereocenters. The first kappa shape index (κ1) is 20.8. The smallest absolute Gasteiger partial charge is 0.387 e. The third-order valence-electron chi connectivity index (χ3n) is 3.79. The fraction of sp³-hybridized carbons (Fsp3) is 0.200. The Morgan fingerprint density at radius 3 is 2.59 bits per heavy atom. The van der Waals surface area contributed by atoms with Gasteiger partial charge in [-0.3, -0.25) is 0 Å². The van der Waals surface area contributed by atoms with E-state index in [9.17, 15) is 13.6 Å². The Kier molecular flexibility index (Phi) is 6.48. The summed E-state index contributed by atoms with van der Waals surface area (Å²) < 4.78 is 45.5. The SMILES string of the molecule is CCOc1c(Br)cc(/C=C2\N=C(c3ccc(OC(F)F)cc3)OC2=O)cc1OC. The number of hydrogen-bond acceptors (Lipinski definition) is 6. The number of cyclic esters (lactones) is 1. The third kappa shape index (κ3) is 4.92. The molecule has 0 saturated carbocycles. The number of methoxy groups -OCH3 is 1. The lowest BCUT2D eigenvalue weighted by Crippen LogP contribution is -2.06. The lowest BCUT2D eigenvalue weighted by atomic mass is 10.1. The van der Waals surface area contributed by atoms with Crippen LogP contribution >= 0.6 is 15.9 Å². The van der Waals surface area contributed by atoms with E-state index in [-0.39, 0.29) is 17.3 Å². The Labute approximate surface area is 173 Å². The zero-order valence-corrected chi connectivity index (χ0v) is 17.0. The van der Waals surface area contributed by atoms with Crippen LogP contribution in [0.1, 0.15) is 18.1 Å². The number of nitrogens with zero attached hydrogens (tertiary/aromatic N) is 1. The van der Waals surface area contributed by atoms with Crippen molar-refractivity contribution in [3.05, 3.63) is 57.7 Å². The molecule has 0 amide bonds. The topological polar surface area (TPSA) is 66.3 Å². The van der Waals surface area contributed by atoms with E-state index in [0.29, 0.717) is 33.7 Å². The summed E-state index contributed by atoms with van der Waals surface area (Å²) in [7, 11) is 1.52. The Hall–Kier alpha value is -2.94. The summed E-state index contributed by atoms with van der Waals surface area (Å²) in [6.07, 6.45) is 1.55. The van der Waals surface area contributed by atoms with Crippen molar-refractivity contribution in [1.82, 2.24) is 0 Å². The van der Waals surface area contributed by atoms with Gasteiger partial charge in [-0.2, -0.15) is 8.78 Å². The first-order valence-electron chi connectivity index (χ1n) is 8.49. The third-order valence-corrected chi connectivity index (χ3v) is 4.38. The van der Waals surface area contributed by atoms with Crippen LogP contribution in [0.15, 0.2) is 51.6 Å². The van der Waals surface area contributed by atoms with Crippen LogP contribution in [0.25, 0.3) is 6.08 Å². The number of halogens is 3. The fourth-order valence-corrected chi connectivity index (χ4v) is 3.15. The standard InChI is InChI=1S/C20H16BrF2NO5/c1-3-27-17-14(21)8-11(10-16(17)26-2)9-15-19(25)29-18(24-15)12-4-6-13(7-5-12)28-20(22)23/h4-10,20H,3H2,1-2H3/b15-9-. The molecule has 2 aromatic rings. The first-order valence-corrected chi connectivity index (χ1v) is 9.28. The summed E-state index contributed by atoms with van der Waals surface area (Å²) in [6.45, 7) is -0.586. The molecule has 0 spiro atoms. The van der Waals surface area contributed by atoms with Gasteiger partial charge in [0.05, 0.1) is 18.2 Å². The molecule has 9 heteroatoms. The summed E-state index contributed by atoms with van der Waals surface area (Å²) in [6, 6.07) is 9.10. The summed E-state index contributed by atoms with van der Waals surface area (Å²) in [5, 5.41) is 0. The molecule has 29 heavy (non-hydrogen) atoms. The van der Waals surface area contributed by atoms with E-state index < -0.39 is 12.6 Å². The molecule has 0 saturated heterocycles. The maximum Gasteiger partial charge on any atom is 0.387 e. The van der Waals surface area contributed by atoms with Crippen LogP contribution in [-0.2, 0) is 9.53 Å². The van der Waals surface area contributed by atoms with Crippen molar-refractivity contribution in [2.24, 2.45) is 4.99 Å². The van der Waals surface area contributed by atoms with E-state index in [1.807, 2.05) is 6.92 Å². The second-order valence-corrected chi connectivity index (χ2v) is 6.56. The average molecular weight is 468 g/mol. The van der Waals surface area contributed by atoms with E-state index >= 15 is 0 Å². The number of rotatable bonds is 7. The van der Waals surface area contributed by atoms with E-state index in [1.165, 1.54) is 31.4 Å². The number of hydrogen-bond donors (Lipinski definition) is 0. The van der Waals surface area contributed by atoms with Gasteiger partial charge in [0, 0.05) is 5.56 Å². The number of ether oxygens (including phenoxy) is 4. The van der Waals surface area contributed by atoms with Crippen molar-refractivity contribution >= 4 is 33.9 Å². The van der Waals surface area contributed by atoms with Gasteiger partial charge in [-0.25, -0.2) is 9.79 Å². The first-order chi connectivity index (χ1) is 13.9. The molecule has 152 valence electrons. The van der Waals surface area contributed by atoms with Crippen molar-refractivity contribution in [3.8, 4) is 17.2 Å². The predicted octanol–water partition coefficient (Wildman–Crippen LogP) is 4.80. The van der Waals surface area contributed by atoms with Gasteiger partial charge in [0.25, 0.3) is 0 Å². The van der Waals surface area contributed by atoms with Gasteiger partial charge in [0.15, 0.2) is 17.2 Å². The normalized spacial score (nSPS) is 14.8. The summed E-state index contributed by atoms with van der Waals surface area (Å²) in [5.74, 6) is 0.495. The maximum atomic E-state index is 12.2. The molecule has 0 radical (unpaired) electrons. The van der Waals surface area contributed by atoms with Crippen molar-refractivity contribution in [1.29, 1.82) is 0 Å². The monoisotopic (exact) mass is 467 g/mol. The molecular formula is C20H16BrF2NO5. The molecule has 2 aromatic carbocycles.